The molecule has 0 aliphatic carbocycles. The molecule has 0 aliphatic rings. The molecule has 2 aromatic carbocycles. The zero-order valence-corrected chi connectivity index (χ0v) is 18.0. The second kappa shape index (κ2) is 11.8. The van der Waals surface area contributed by atoms with Crippen LogP contribution in [0, 0.1) is 0 Å². The Morgan fingerprint density at radius 2 is 1.17 bits per heavy atom. The van der Waals surface area contributed by atoms with Gasteiger partial charge in [-0.15, -0.1) is 0 Å². The highest BCUT2D eigenvalue weighted by molar-refractivity contribution is 6.36. The molecule has 0 aliphatic heterocycles. The minimum absolute atomic E-state index is 0.131. The summed E-state index contributed by atoms with van der Waals surface area (Å²) in [7, 11) is 0. The van der Waals surface area contributed by atoms with E-state index in [1.54, 1.807) is 36.4 Å². The first kappa shape index (κ1) is 23.2. The Labute approximate surface area is 187 Å². The molecule has 6 nitrogen and oxygen atoms in total. The van der Waals surface area contributed by atoms with Crippen LogP contribution in [-0.2, 0) is 9.59 Å². The Kier molecular flexibility index (Phi) is 9.41. The first-order valence-electron chi connectivity index (χ1n) is 8.39. The molecule has 2 amide bonds. The molecule has 0 heterocycles. The van der Waals surface area contributed by atoms with Crippen LogP contribution in [0.25, 0.3) is 0 Å². The van der Waals surface area contributed by atoms with Crippen molar-refractivity contribution < 1.29 is 9.59 Å². The first-order chi connectivity index (χ1) is 13.8. The fourth-order valence-electron chi connectivity index (χ4n) is 2.08. The number of hydrogen-bond acceptors (Lipinski definition) is 4. The van der Waals surface area contributed by atoms with Gasteiger partial charge in [0.25, 0.3) is 0 Å². The Hall–Kier alpha value is -2.12. The number of nitrogens with zero attached hydrogens (tertiary/aromatic N) is 2. The lowest BCUT2D eigenvalue weighted by atomic mass is 10.2. The molecule has 2 aromatic rings. The third-order valence-electron chi connectivity index (χ3n) is 3.52. The monoisotopic (exact) mass is 472 g/mol. The molecule has 0 fully saturated rings. The van der Waals surface area contributed by atoms with Crippen LogP contribution in [-0.4, -0.2) is 24.2 Å². The van der Waals surface area contributed by atoms with E-state index in [4.69, 9.17) is 46.4 Å². The predicted molar refractivity (Wildman–Crippen MR) is 118 cm³/mol. The van der Waals surface area contributed by atoms with Gasteiger partial charge in [0.1, 0.15) is 0 Å². The van der Waals surface area contributed by atoms with Crippen LogP contribution in [0.4, 0.5) is 0 Å². The van der Waals surface area contributed by atoms with Crippen molar-refractivity contribution >= 4 is 70.6 Å². The van der Waals surface area contributed by atoms with E-state index in [1.807, 2.05) is 0 Å². The summed E-state index contributed by atoms with van der Waals surface area (Å²) in [5, 5.41) is 9.52. The summed E-state index contributed by atoms with van der Waals surface area (Å²) in [5.74, 6) is -0.647. The van der Waals surface area contributed by atoms with Gasteiger partial charge in [0.05, 0.1) is 22.5 Å². The molecule has 0 spiro atoms. The molecular weight excluding hydrogens is 458 g/mol. The van der Waals surface area contributed by atoms with Crippen LogP contribution in [0.5, 0.6) is 0 Å². The summed E-state index contributed by atoms with van der Waals surface area (Å²) in [6.07, 6.45) is 3.43. The largest absolute Gasteiger partial charge is 0.273 e. The van der Waals surface area contributed by atoms with E-state index in [2.05, 4.69) is 21.1 Å². The standard InChI is InChI=1S/C19H16Cl4N4O2/c20-14-6-4-12(16(22)8-14)10-24-26-18(28)2-1-3-19(29)27-25-11-13-5-7-15(21)9-17(13)23/h4-11H,1-3H2,(H,26,28)(H,27,29)/b24-10+,25-11?. The van der Waals surface area contributed by atoms with E-state index in [-0.39, 0.29) is 24.7 Å². The van der Waals surface area contributed by atoms with Crippen molar-refractivity contribution in [1.82, 2.24) is 10.9 Å². The summed E-state index contributed by atoms with van der Waals surface area (Å²) in [6.45, 7) is 0. The maximum Gasteiger partial charge on any atom is 0.240 e. The lowest BCUT2D eigenvalue weighted by Gasteiger charge is -2.02. The second-order valence-electron chi connectivity index (χ2n) is 5.77. The molecular formula is C19H16Cl4N4O2. The number of halogens is 4. The highest BCUT2D eigenvalue weighted by atomic mass is 35.5. The minimum Gasteiger partial charge on any atom is -0.273 e. The van der Waals surface area contributed by atoms with Crippen molar-refractivity contribution in [3.8, 4) is 0 Å². The van der Waals surface area contributed by atoms with E-state index in [9.17, 15) is 9.59 Å². The van der Waals surface area contributed by atoms with Gasteiger partial charge in [-0.1, -0.05) is 58.5 Å². The third kappa shape index (κ3) is 8.41. The van der Waals surface area contributed by atoms with E-state index < -0.39 is 0 Å². The lowest BCUT2D eigenvalue weighted by molar-refractivity contribution is -0.122. The van der Waals surface area contributed by atoms with Crippen molar-refractivity contribution in [3.63, 3.8) is 0 Å². The number of benzene rings is 2. The molecule has 29 heavy (non-hydrogen) atoms. The van der Waals surface area contributed by atoms with Crippen molar-refractivity contribution in [3.05, 3.63) is 67.6 Å². The van der Waals surface area contributed by atoms with Crippen molar-refractivity contribution in [2.75, 3.05) is 0 Å². The molecule has 0 atom stereocenters. The topological polar surface area (TPSA) is 82.9 Å². The fourth-order valence-corrected chi connectivity index (χ4v) is 3.00. The van der Waals surface area contributed by atoms with E-state index in [0.29, 0.717) is 37.6 Å². The van der Waals surface area contributed by atoms with Crippen LogP contribution < -0.4 is 10.9 Å². The molecule has 0 unspecified atom stereocenters. The normalized spacial score (nSPS) is 11.2. The van der Waals surface area contributed by atoms with Crippen LogP contribution in [0.1, 0.15) is 30.4 Å². The molecule has 2 N–H and O–H groups in total. The molecule has 0 aromatic heterocycles. The maximum absolute atomic E-state index is 11.8. The third-order valence-corrected chi connectivity index (χ3v) is 4.64. The highest BCUT2D eigenvalue weighted by Crippen LogP contribution is 2.20. The van der Waals surface area contributed by atoms with Gasteiger partial charge in [-0.05, 0) is 30.7 Å². The zero-order chi connectivity index (χ0) is 21.2. The van der Waals surface area contributed by atoms with Crippen LogP contribution in [0.2, 0.25) is 20.1 Å². The van der Waals surface area contributed by atoms with Crippen LogP contribution in [0.3, 0.4) is 0 Å². The molecule has 152 valence electrons. The predicted octanol–water partition coefficient (Wildman–Crippen LogP) is 5.07. The summed E-state index contributed by atoms with van der Waals surface area (Å²) < 4.78 is 0. The summed E-state index contributed by atoms with van der Waals surface area (Å²) in [4.78, 5) is 23.5. The number of hydrogen-bond donors (Lipinski definition) is 2. The Morgan fingerprint density at radius 1 is 0.759 bits per heavy atom. The molecule has 0 saturated heterocycles. The van der Waals surface area contributed by atoms with E-state index in [0.717, 1.165) is 0 Å². The molecule has 2 rings (SSSR count). The summed E-state index contributed by atoms with van der Waals surface area (Å²) >= 11 is 23.6. The number of carbonyl (C=O) groups is 2. The van der Waals surface area contributed by atoms with E-state index >= 15 is 0 Å². The number of amides is 2. The SMILES string of the molecule is O=C(CCCC(=O)N/N=C/c1ccc(Cl)cc1Cl)NN=Cc1ccc(Cl)cc1Cl. The number of carbonyl (C=O) groups excluding carboxylic acids is 2. The van der Waals surface area contributed by atoms with Gasteiger partial charge in [-0.25, -0.2) is 10.9 Å². The van der Waals surface area contributed by atoms with Gasteiger partial charge >= 0.3 is 0 Å². The van der Waals surface area contributed by atoms with Gasteiger partial charge in [0.2, 0.25) is 11.8 Å². The number of hydrazone groups is 2. The van der Waals surface area contributed by atoms with Crippen LogP contribution in [0.15, 0.2) is 46.6 Å². The quantitative estimate of drug-likeness (QED) is 0.414. The zero-order valence-electron chi connectivity index (χ0n) is 15.0. The Bertz CT molecular complexity index is 872. The van der Waals surface area contributed by atoms with Gasteiger partial charge in [-0.2, -0.15) is 10.2 Å². The highest BCUT2D eigenvalue weighted by Gasteiger charge is 2.05. The molecule has 0 saturated carbocycles. The number of nitrogens with one attached hydrogen (secondary N) is 2. The summed E-state index contributed by atoms with van der Waals surface area (Å²) in [5.41, 5.74) is 5.99. The number of rotatable bonds is 8. The molecule has 0 radical (unpaired) electrons. The van der Waals surface area contributed by atoms with Crippen molar-refractivity contribution in [2.45, 2.75) is 19.3 Å². The average molecular weight is 474 g/mol. The van der Waals surface area contributed by atoms with Crippen molar-refractivity contribution in [2.24, 2.45) is 10.2 Å². The van der Waals surface area contributed by atoms with Gasteiger partial charge < -0.3 is 0 Å². The minimum atomic E-state index is -0.324. The fraction of sp³-hybridized carbons (Fsp3) is 0.158. The van der Waals surface area contributed by atoms with Gasteiger partial charge in [0.15, 0.2) is 0 Å². The second-order valence-corrected chi connectivity index (χ2v) is 7.46. The van der Waals surface area contributed by atoms with E-state index in [1.165, 1.54) is 12.4 Å². The van der Waals surface area contributed by atoms with Gasteiger partial charge in [0, 0.05) is 34.0 Å². The van der Waals surface area contributed by atoms with Crippen molar-refractivity contribution in [1.29, 1.82) is 0 Å². The molecule has 10 heteroatoms. The Balaban J connectivity index is 1.68. The first-order valence-corrected chi connectivity index (χ1v) is 9.90. The van der Waals surface area contributed by atoms with Crippen LogP contribution >= 0.6 is 46.4 Å². The average Bonchev–Trinajstić information content (AvgIpc) is 2.65. The lowest BCUT2D eigenvalue weighted by Crippen LogP contribution is -2.20. The smallest absolute Gasteiger partial charge is 0.240 e. The Morgan fingerprint density at radius 3 is 1.55 bits per heavy atom. The van der Waals surface area contributed by atoms with Gasteiger partial charge in [-0.3, -0.25) is 9.59 Å². The maximum atomic E-state index is 11.8. The summed E-state index contributed by atoms with van der Waals surface area (Å²) in [6, 6.07) is 9.85. The molecule has 0 bridgehead atoms.